The second kappa shape index (κ2) is 5.61. The lowest BCUT2D eigenvalue weighted by molar-refractivity contribution is 1.07. The summed E-state index contributed by atoms with van der Waals surface area (Å²) in [5.41, 5.74) is 2.24. The molecule has 0 aliphatic carbocycles. The highest BCUT2D eigenvalue weighted by molar-refractivity contribution is 7.99. The van der Waals surface area contributed by atoms with Crippen LogP contribution >= 0.6 is 11.8 Å². The Balaban J connectivity index is 1.96. The molecule has 0 bridgehead atoms. The van der Waals surface area contributed by atoms with Crippen LogP contribution in [0.2, 0.25) is 0 Å². The van der Waals surface area contributed by atoms with Gasteiger partial charge in [0.25, 0.3) is 0 Å². The second-order valence-corrected chi connectivity index (χ2v) is 4.73. The Morgan fingerprint density at radius 2 is 2.38 bits per heavy atom. The fourth-order valence-electron chi connectivity index (χ4n) is 1.44. The monoisotopic (exact) mass is 233 g/mol. The Kier molecular flexibility index (Phi) is 3.88. The van der Waals surface area contributed by atoms with E-state index in [2.05, 4.69) is 46.5 Å². The Morgan fingerprint density at radius 1 is 1.44 bits per heavy atom. The van der Waals surface area contributed by atoms with E-state index in [1.165, 1.54) is 4.90 Å². The van der Waals surface area contributed by atoms with Crippen LogP contribution in [0.3, 0.4) is 0 Å². The normalized spacial score (nSPS) is 10.3. The molecule has 16 heavy (non-hydrogen) atoms. The molecule has 2 N–H and O–H groups in total. The van der Waals surface area contributed by atoms with E-state index < -0.39 is 0 Å². The van der Waals surface area contributed by atoms with E-state index in [-0.39, 0.29) is 0 Å². The Bertz CT molecular complexity index is 426. The minimum Gasteiger partial charge on any atom is -0.379 e. The van der Waals surface area contributed by atoms with E-state index in [0.717, 1.165) is 23.7 Å². The molecule has 0 saturated carbocycles. The van der Waals surface area contributed by atoms with E-state index in [4.69, 9.17) is 0 Å². The molecule has 0 amide bonds. The van der Waals surface area contributed by atoms with Crippen molar-refractivity contribution >= 4 is 17.4 Å². The summed E-state index contributed by atoms with van der Waals surface area (Å²) >= 11 is 1.85. The van der Waals surface area contributed by atoms with Crippen LogP contribution in [0.15, 0.2) is 41.7 Å². The van der Waals surface area contributed by atoms with Crippen molar-refractivity contribution in [2.45, 2.75) is 18.4 Å². The van der Waals surface area contributed by atoms with Gasteiger partial charge in [-0.1, -0.05) is 13.0 Å². The number of hydrogen-bond donors (Lipinski definition) is 2. The molecule has 84 valence electrons. The molecule has 1 aromatic heterocycles. The third-order valence-electron chi connectivity index (χ3n) is 2.18. The maximum Gasteiger partial charge on any atom is 0.0922 e. The summed E-state index contributed by atoms with van der Waals surface area (Å²) in [6, 6.07) is 8.46. The molecule has 0 radical (unpaired) electrons. The van der Waals surface area contributed by atoms with Gasteiger partial charge in [-0.25, -0.2) is 4.98 Å². The van der Waals surface area contributed by atoms with Gasteiger partial charge in [0.05, 0.1) is 18.6 Å². The molecule has 3 nitrogen and oxygen atoms in total. The van der Waals surface area contributed by atoms with Gasteiger partial charge in [0.15, 0.2) is 0 Å². The molecule has 0 unspecified atom stereocenters. The molecule has 0 saturated heterocycles. The summed E-state index contributed by atoms with van der Waals surface area (Å²) in [5.74, 6) is 1.10. The van der Waals surface area contributed by atoms with Gasteiger partial charge in [-0.05, 0) is 24.0 Å². The summed E-state index contributed by atoms with van der Waals surface area (Å²) in [7, 11) is 0. The third kappa shape index (κ3) is 3.03. The first-order valence-corrected chi connectivity index (χ1v) is 6.31. The number of nitrogens with zero attached hydrogens (tertiary/aromatic N) is 1. The highest BCUT2D eigenvalue weighted by Crippen LogP contribution is 2.21. The molecule has 0 atom stereocenters. The Morgan fingerprint density at radius 3 is 3.12 bits per heavy atom. The number of thioether (sulfide) groups is 1. The average Bonchev–Trinajstić information content (AvgIpc) is 2.80. The molecule has 4 heteroatoms. The lowest BCUT2D eigenvalue weighted by Gasteiger charge is -2.06. The lowest BCUT2D eigenvalue weighted by atomic mass is 10.3. The maximum atomic E-state index is 3.98. The summed E-state index contributed by atoms with van der Waals surface area (Å²) in [6.07, 6.45) is 3.53. The van der Waals surface area contributed by atoms with Crippen molar-refractivity contribution in [3.63, 3.8) is 0 Å². The molecule has 1 heterocycles. The van der Waals surface area contributed by atoms with Crippen LogP contribution in [-0.2, 0) is 6.54 Å². The van der Waals surface area contributed by atoms with Crippen LogP contribution in [0.1, 0.15) is 12.6 Å². The van der Waals surface area contributed by atoms with Crippen molar-refractivity contribution in [3.05, 3.63) is 42.5 Å². The van der Waals surface area contributed by atoms with E-state index in [1.54, 1.807) is 6.33 Å². The van der Waals surface area contributed by atoms with Gasteiger partial charge in [0.1, 0.15) is 0 Å². The second-order valence-electron chi connectivity index (χ2n) is 3.39. The number of nitrogens with one attached hydrogen (secondary N) is 2. The third-order valence-corrected chi connectivity index (χ3v) is 3.06. The van der Waals surface area contributed by atoms with Crippen LogP contribution < -0.4 is 5.32 Å². The smallest absolute Gasteiger partial charge is 0.0922 e. The molecule has 0 spiro atoms. The molecular formula is C12H15N3S. The minimum atomic E-state index is 0.778. The van der Waals surface area contributed by atoms with Crippen molar-refractivity contribution in [3.8, 4) is 0 Å². The number of benzene rings is 1. The number of H-pyrrole nitrogens is 1. The molecule has 2 aromatic rings. The molecule has 0 aliphatic rings. The quantitative estimate of drug-likeness (QED) is 0.779. The van der Waals surface area contributed by atoms with E-state index in [1.807, 2.05) is 18.0 Å². The standard InChI is InChI=1S/C12H15N3S/c1-2-16-12-5-3-4-10(6-12)14-8-11-7-13-9-15-11/h3-7,9,14H,2,8H2,1H3,(H,13,15). The summed E-state index contributed by atoms with van der Waals surface area (Å²) < 4.78 is 0. The maximum absolute atomic E-state index is 3.98. The van der Waals surface area contributed by atoms with Gasteiger partial charge < -0.3 is 10.3 Å². The Hall–Kier alpha value is -1.42. The first kappa shape index (κ1) is 11.1. The van der Waals surface area contributed by atoms with Gasteiger partial charge in [-0.2, -0.15) is 0 Å². The van der Waals surface area contributed by atoms with Crippen LogP contribution in [-0.4, -0.2) is 15.7 Å². The van der Waals surface area contributed by atoms with Gasteiger partial charge in [-0.3, -0.25) is 0 Å². The van der Waals surface area contributed by atoms with Crippen molar-refractivity contribution in [2.24, 2.45) is 0 Å². The highest BCUT2D eigenvalue weighted by Gasteiger charge is 1.97. The Labute approximate surface area is 99.7 Å². The van der Waals surface area contributed by atoms with Gasteiger partial charge >= 0.3 is 0 Å². The number of imidazole rings is 1. The SMILES string of the molecule is CCSc1cccc(NCc2cnc[nH]2)c1. The van der Waals surface area contributed by atoms with Crippen LogP contribution in [0.25, 0.3) is 0 Å². The lowest BCUT2D eigenvalue weighted by Crippen LogP contribution is -1.99. The van der Waals surface area contributed by atoms with Crippen molar-refractivity contribution in [1.82, 2.24) is 9.97 Å². The first-order valence-electron chi connectivity index (χ1n) is 5.32. The fraction of sp³-hybridized carbons (Fsp3) is 0.250. The summed E-state index contributed by atoms with van der Waals surface area (Å²) in [4.78, 5) is 8.35. The molecule has 2 rings (SSSR count). The molecule has 1 aromatic carbocycles. The zero-order chi connectivity index (χ0) is 11.2. The molecule has 0 fully saturated rings. The van der Waals surface area contributed by atoms with Crippen molar-refractivity contribution in [1.29, 1.82) is 0 Å². The molecule has 0 aliphatic heterocycles. The fourth-order valence-corrected chi connectivity index (χ4v) is 2.16. The molecular weight excluding hydrogens is 218 g/mol. The predicted octanol–water partition coefficient (Wildman–Crippen LogP) is 3.13. The predicted molar refractivity (Wildman–Crippen MR) is 68.8 cm³/mol. The van der Waals surface area contributed by atoms with Gasteiger partial charge in [0, 0.05) is 16.8 Å². The minimum absolute atomic E-state index is 0.778. The van der Waals surface area contributed by atoms with E-state index in [9.17, 15) is 0 Å². The number of aromatic amines is 1. The van der Waals surface area contributed by atoms with E-state index >= 15 is 0 Å². The average molecular weight is 233 g/mol. The summed E-state index contributed by atoms with van der Waals surface area (Å²) in [6.45, 7) is 2.94. The van der Waals surface area contributed by atoms with Crippen molar-refractivity contribution in [2.75, 3.05) is 11.1 Å². The van der Waals surface area contributed by atoms with Crippen LogP contribution in [0.5, 0.6) is 0 Å². The topological polar surface area (TPSA) is 40.7 Å². The number of hydrogen-bond acceptors (Lipinski definition) is 3. The van der Waals surface area contributed by atoms with Crippen LogP contribution in [0.4, 0.5) is 5.69 Å². The zero-order valence-electron chi connectivity index (χ0n) is 9.23. The van der Waals surface area contributed by atoms with Gasteiger partial charge in [0.2, 0.25) is 0 Å². The van der Waals surface area contributed by atoms with Crippen LogP contribution in [0, 0.1) is 0 Å². The number of anilines is 1. The number of aromatic nitrogens is 2. The first-order chi connectivity index (χ1) is 7.88. The van der Waals surface area contributed by atoms with E-state index in [0.29, 0.717) is 0 Å². The van der Waals surface area contributed by atoms with Crippen molar-refractivity contribution < 1.29 is 0 Å². The zero-order valence-corrected chi connectivity index (χ0v) is 10.1. The van der Waals surface area contributed by atoms with Gasteiger partial charge in [-0.15, -0.1) is 11.8 Å². The highest BCUT2D eigenvalue weighted by atomic mass is 32.2. The largest absolute Gasteiger partial charge is 0.379 e. The summed E-state index contributed by atoms with van der Waals surface area (Å²) in [5, 5.41) is 3.36. The number of rotatable bonds is 5.